The number of aromatic nitrogens is 2. The third-order valence-electron chi connectivity index (χ3n) is 2.16. The lowest BCUT2D eigenvalue weighted by molar-refractivity contribution is 0.311. The van der Waals surface area contributed by atoms with Crippen molar-refractivity contribution in [2.75, 3.05) is 18.5 Å². The Morgan fingerprint density at radius 2 is 2.46 bits per heavy atom. The molecule has 0 aromatic carbocycles. The minimum Gasteiger partial charge on any atom is -0.474 e. The highest BCUT2D eigenvalue weighted by atomic mass is 16.5. The first-order valence-electron chi connectivity index (χ1n) is 4.28. The number of nitrogens with one attached hydrogen (secondary N) is 2. The molecule has 4 heteroatoms. The van der Waals surface area contributed by atoms with E-state index in [1.54, 1.807) is 0 Å². The summed E-state index contributed by atoms with van der Waals surface area (Å²) in [6.07, 6.45) is 1.88. The van der Waals surface area contributed by atoms with Crippen molar-refractivity contribution in [3.8, 4) is 5.88 Å². The normalized spacial score (nSPS) is 14.8. The molecule has 0 bridgehead atoms. The van der Waals surface area contributed by atoms with Crippen LogP contribution in [0.2, 0.25) is 0 Å². The Labute approximate surface area is 74.9 Å². The fraction of sp³-hybridized carbons (Fsp3) is 0.222. The summed E-state index contributed by atoms with van der Waals surface area (Å²) in [7, 11) is 0. The molecule has 0 amide bonds. The van der Waals surface area contributed by atoms with E-state index in [1.165, 1.54) is 0 Å². The van der Waals surface area contributed by atoms with Crippen molar-refractivity contribution in [2.45, 2.75) is 0 Å². The Bertz CT molecular complexity index is 409. The molecule has 66 valence electrons. The van der Waals surface area contributed by atoms with Crippen molar-refractivity contribution in [1.82, 2.24) is 9.97 Å². The van der Waals surface area contributed by atoms with E-state index in [-0.39, 0.29) is 0 Å². The van der Waals surface area contributed by atoms with Gasteiger partial charge in [0.1, 0.15) is 12.3 Å². The number of fused-ring (bicyclic) bond motifs is 2. The van der Waals surface area contributed by atoms with Gasteiger partial charge in [0.05, 0.1) is 5.69 Å². The van der Waals surface area contributed by atoms with E-state index in [2.05, 4.69) is 15.3 Å². The molecule has 2 aromatic rings. The molecule has 1 aliphatic rings. The Morgan fingerprint density at radius 3 is 3.46 bits per heavy atom. The molecule has 13 heavy (non-hydrogen) atoms. The molecule has 1 aliphatic heterocycles. The van der Waals surface area contributed by atoms with Crippen LogP contribution in [0.15, 0.2) is 18.3 Å². The van der Waals surface area contributed by atoms with Gasteiger partial charge in [0, 0.05) is 18.1 Å². The lowest BCUT2D eigenvalue weighted by Crippen LogP contribution is -2.18. The summed E-state index contributed by atoms with van der Waals surface area (Å²) >= 11 is 0. The average molecular weight is 175 g/mol. The highest BCUT2D eigenvalue weighted by molar-refractivity contribution is 5.81. The zero-order chi connectivity index (χ0) is 8.67. The summed E-state index contributed by atoms with van der Waals surface area (Å²) in [4.78, 5) is 7.39. The van der Waals surface area contributed by atoms with Gasteiger partial charge in [-0.05, 0) is 12.1 Å². The number of rotatable bonds is 0. The Balaban J connectivity index is 2.28. The van der Waals surface area contributed by atoms with Crippen LogP contribution in [0.3, 0.4) is 0 Å². The molecule has 3 rings (SSSR count). The van der Waals surface area contributed by atoms with Crippen molar-refractivity contribution >= 4 is 16.7 Å². The smallest absolute Gasteiger partial charge is 0.239 e. The number of H-pyrrole nitrogens is 1. The quantitative estimate of drug-likeness (QED) is 0.635. The number of hydrogen-bond acceptors (Lipinski definition) is 3. The maximum atomic E-state index is 5.41. The minimum atomic E-state index is 0.687. The maximum Gasteiger partial charge on any atom is 0.239 e. The highest BCUT2D eigenvalue weighted by Gasteiger charge is 2.12. The van der Waals surface area contributed by atoms with Crippen molar-refractivity contribution in [2.24, 2.45) is 0 Å². The van der Waals surface area contributed by atoms with Crippen molar-refractivity contribution in [3.05, 3.63) is 18.3 Å². The molecule has 0 radical (unpaired) electrons. The standard InChI is InChI=1S/C9H9N3O/c1-2-11-8-6(1)5-7-9(12-8)13-4-3-10-7/h1-2,5,10H,3-4H2,(H,11,12). The molecule has 0 aliphatic carbocycles. The maximum absolute atomic E-state index is 5.41. The largest absolute Gasteiger partial charge is 0.474 e. The summed E-state index contributed by atoms with van der Waals surface area (Å²) in [5.74, 6) is 0.696. The number of pyridine rings is 1. The highest BCUT2D eigenvalue weighted by Crippen LogP contribution is 2.27. The predicted molar refractivity (Wildman–Crippen MR) is 50.1 cm³/mol. The van der Waals surface area contributed by atoms with Crippen molar-refractivity contribution < 1.29 is 4.74 Å². The number of ether oxygens (including phenoxy) is 1. The first kappa shape index (κ1) is 6.77. The van der Waals surface area contributed by atoms with Gasteiger partial charge in [-0.2, -0.15) is 4.98 Å². The molecule has 0 spiro atoms. The molecular formula is C9H9N3O. The number of nitrogens with zero attached hydrogens (tertiary/aromatic N) is 1. The monoisotopic (exact) mass is 175 g/mol. The van der Waals surface area contributed by atoms with Gasteiger partial charge in [-0.25, -0.2) is 0 Å². The molecule has 2 aromatic heterocycles. The van der Waals surface area contributed by atoms with E-state index in [1.807, 2.05) is 18.3 Å². The van der Waals surface area contributed by atoms with E-state index in [0.29, 0.717) is 12.5 Å². The molecule has 0 unspecified atom stereocenters. The van der Waals surface area contributed by atoms with E-state index >= 15 is 0 Å². The lowest BCUT2D eigenvalue weighted by Gasteiger charge is -2.17. The zero-order valence-corrected chi connectivity index (χ0v) is 7.00. The van der Waals surface area contributed by atoms with E-state index in [0.717, 1.165) is 23.3 Å². The van der Waals surface area contributed by atoms with Crippen LogP contribution in [0.5, 0.6) is 5.88 Å². The van der Waals surface area contributed by atoms with Crippen LogP contribution < -0.4 is 10.1 Å². The Hall–Kier alpha value is -1.71. The number of anilines is 1. The summed E-state index contributed by atoms with van der Waals surface area (Å²) in [5, 5.41) is 4.35. The van der Waals surface area contributed by atoms with Crippen LogP contribution in [-0.2, 0) is 0 Å². The summed E-state index contributed by atoms with van der Waals surface area (Å²) in [6.45, 7) is 1.54. The third-order valence-corrected chi connectivity index (χ3v) is 2.16. The van der Waals surface area contributed by atoms with Gasteiger partial charge in [0.15, 0.2) is 0 Å². The Morgan fingerprint density at radius 1 is 1.46 bits per heavy atom. The van der Waals surface area contributed by atoms with Crippen LogP contribution in [0.1, 0.15) is 0 Å². The van der Waals surface area contributed by atoms with E-state index in [4.69, 9.17) is 4.74 Å². The van der Waals surface area contributed by atoms with Gasteiger partial charge in [-0.1, -0.05) is 0 Å². The molecule has 0 saturated carbocycles. The van der Waals surface area contributed by atoms with Gasteiger partial charge in [0.25, 0.3) is 0 Å². The molecule has 2 N–H and O–H groups in total. The molecule has 0 saturated heterocycles. The van der Waals surface area contributed by atoms with Gasteiger partial charge < -0.3 is 15.0 Å². The van der Waals surface area contributed by atoms with E-state index < -0.39 is 0 Å². The minimum absolute atomic E-state index is 0.687. The molecule has 4 nitrogen and oxygen atoms in total. The summed E-state index contributed by atoms with van der Waals surface area (Å²) in [5.41, 5.74) is 1.86. The zero-order valence-electron chi connectivity index (χ0n) is 7.00. The SMILES string of the molecule is c1cc2cc3c(nc2[nH]1)OCCN3. The third kappa shape index (κ3) is 0.950. The van der Waals surface area contributed by atoms with Crippen LogP contribution in [0, 0.1) is 0 Å². The van der Waals surface area contributed by atoms with Gasteiger partial charge >= 0.3 is 0 Å². The Kier molecular flexibility index (Phi) is 1.24. The number of hydrogen-bond donors (Lipinski definition) is 2. The topological polar surface area (TPSA) is 49.9 Å². The number of aromatic amines is 1. The second-order valence-corrected chi connectivity index (χ2v) is 3.03. The van der Waals surface area contributed by atoms with E-state index in [9.17, 15) is 0 Å². The van der Waals surface area contributed by atoms with Crippen LogP contribution in [0.4, 0.5) is 5.69 Å². The summed E-state index contributed by atoms with van der Waals surface area (Å²) in [6, 6.07) is 4.05. The average Bonchev–Trinajstić information content (AvgIpc) is 2.61. The van der Waals surface area contributed by atoms with Crippen LogP contribution in [0.25, 0.3) is 11.0 Å². The predicted octanol–water partition coefficient (Wildman–Crippen LogP) is 1.37. The van der Waals surface area contributed by atoms with Gasteiger partial charge in [-0.3, -0.25) is 0 Å². The fourth-order valence-electron chi connectivity index (χ4n) is 1.54. The molecule has 3 heterocycles. The second-order valence-electron chi connectivity index (χ2n) is 3.03. The second kappa shape index (κ2) is 2.39. The molecule has 0 fully saturated rings. The fourth-order valence-corrected chi connectivity index (χ4v) is 1.54. The first-order chi connectivity index (χ1) is 6.43. The van der Waals surface area contributed by atoms with Crippen molar-refractivity contribution in [1.29, 1.82) is 0 Å². The summed E-state index contributed by atoms with van der Waals surface area (Å²) < 4.78 is 5.41. The first-order valence-corrected chi connectivity index (χ1v) is 4.28. The van der Waals surface area contributed by atoms with Gasteiger partial charge in [-0.15, -0.1) is 0 Å². The van der Waals surface area contributed by atoms with Crippen LogP contribution >= 0.6 is 0 Å². The van der Waals surface area contributed by atoms with Gasteiger partial charge in [0.2, 0.25) is 5.88 Å². The lowest BCUT2D eigenvalue weighted by atomic mass is 10.3. The van der Waals surface area contributed by atoms with Crippen molar-refractivity contribution in [3.63, 3.8) is 0 Å². The molecular weight excluding hydrogens is 166 g/mol. The van der Waals surface area contributed by atoms with Crippen LogP contribution in [-0.4, -0.2) is 23.1 Å². The molecule has 0 atom stereocenters.